The summed E-state index contributed by atoms with van der Waals surface area (Å²) in [6.45, 7) is 4.43. The van der Waals surface area contributed by atoms with Crippen molar-refractivity contribution in [3.63, 3.8) is 0 Å². The van der Waals surface area contributed by atoms with Crippen molar-refractivity contribution in [3.8, 4) is 0 Å². The summed E-state index contributed by atoms with van der Waals surface area (Å²) < 4.78 is 0. The molecule has 0 bridgehead atoms. The summed E-state index contributed by atoms with van der Waals surface area (Å²) in [5.74, 6) is 13.0. The van der Waals surface area contributed by atoms with Crippen molar-refractivity contribution < 1.29 is 0 Å². The van der Waals surface area contributed by atoms with E-state index in [0.717, 1.165) is 0 Å². The van der Waals surface area contributed by atoms with E-state index in [0.29, 0.717) is 11.8 Å². The van der Waals surface area contributed by atoms with Crippen LogP contribution in [0.4, 0.5) is 0 Å². The maximum absolute atomic E-state index is 5.89. The highest BCUT2D eigenvalue weighted by atomic mass is 15.3. The largest absolute Gasteiger partial charge is 0.271 e. The Hall–Kier alpha value is -0.680. The zero-order chi connectivity index (χ0) is 17.5. The lowest BCUT2D eigenvalue weighted by Crippen LogP contribution is -2.51. The molecule has 0 aromatic rings. The Morgan fingerprint density at radius 2 is 1.00 bits per heavy atom. The number of allylic oxidation sites excluding steroid dienone is 2. The molecule has 2 atom stereocenters. The van der Waals surface area contributed by atoms with E-state index >= 15 is 0 Å². The van der Waals surface area contributed by atoms with E-state index < -0.39 is 0 Å². The van der Waals surface area contributed by atoms with Crippen LogP contribution in [0.5, 0.6) is 0 Å². The lowest BCUT2D eigenvalue weighted by molar-refractivity contribution is 0.222. The van der Waals surface area contributed by atoms with Gasteiger partial charge in [0.25, 0.3) is 0 Å². The third-order valence-electron chi connectivity index (χ3n) is 6.52. The van der Waals surface area contributed by atoms with Crippen molar-refractivity contribution in [2.45, 2.75) is 89.1 Å². The second kappa shape index (κ2) is 9.14. The van der Waals surface area contributed by atoms with Crippen LogP contribution in [0, 0.1) is 11.8 Å². The van der Waals surface area contributed by atoms with Gasteiger partial charge >= 0.3 is 0 Å². The Labute approximate surface area is 148 Å². The minimum Gasteiger partial charge on any atom is -0.271 e. The zero-order valence-electron chi connectivity index (χ0n) is 15.7. The number of rotatable bonds is 7. The van der Waals surface area contributed by atoms with Gasteiger partial charge in [-0.3, -0.25) is 22.5 Å². The maximum Gasteiger partial charge on any atom is 0.0503 e. The summed E-state index contributed by atoms with van der Waals surface area (Å²) >= 11 is 0. The molecule has 0 spiro atoms. The smallest absolute Gasteiger partial charge is 0.0503 e. The Morgan fingerprint density at radius 1 is 0.667 bits per heavy atom. The Bertz CT molecular complexity index is 381. The van der Waals surface area contributed by atoms with Gasteiger partial charge in [0.2, 0.25) is 0 Å². The molecule has 6 N–H and O–H groups in total. The summed E-state index contributed by atoms with van der Waals surface area (Å²) in [5.41, 5.74) is 5.88. The molecule has 0 heterocycles. The van der Waals surface area contributed by atoms with Crippen LogP contribution in [0.1, 0.15) is 78.1 Å². The summed E-state index contributed by atoms with van der Waals surface area (Å²) in [6.07, 6.45) is 21.8. The van der Waals surface area contributed by atoms with Gasteiger partial charge in [-0.05, 0) is 51.4 Å². The van der Waals surface area contributed by atoms with Crippen molar-refractivity contribution in [2.75, 3.05) is 0 Å². The Morgan fingerprint density at radius 3 is 1.29 bits per heavy atom. The molecule has 2 rings (SSSR count). The van der Waals surface area contributed by atoms with Crippen LogP contribution >= 0.6 is 0 Å². The highest BCUT2D eigenvalue weighted by molar-refractivity contribution is 5.18. The van der Waals surface area contributed by atoms with Gasteiger partial charge in [0.05, 0.1) is 11.1 Å². The van der Waals surface area contributed by atoms with Gasteiger partial charge in [0, 0.05) is 0 Å². The highest BCUT2D eigenvalue weighted by Crippen LogP contribution is 2.34. The molecule has 0 aliphatic heterocycles. The van der Waals surface area contributed by atoms with Crippen LogP contribution in [-0.4, -0.2) is 11.1 Å². The number of hydrazine groups is 2. The SMILES string of the molecule is CC(C=CC=CC(C)(NN)C1CCCCC1)(NN)C1CCCCC1. The molecule has 4 heteroatoms. The molecule has 2 unspecified atom stereocenters. The molecule has 2 saturated carbocycles. The molecule has 0 radical (unpaired) electrons. The molecule has 0 amide bonds. The van der Waals surface area contributed by atoms with Crippen molar-refractivity contribution in [2.24, 2.45) is 23.5 Å². The molecule has 0 aromatic carbocycles. The molecule has 24 heavy (non-hydrogen) atoms. The van der Waals surface area contributed by atoms with Crippen LogP contribution in [0.2, 0.25) is 0 Å². The maximum atomic E-state index is 5.89. The number of hydrogen-bond acceptors (Lipinski definition) is 4. The third-order valence-corrected chi connectivity index (χ3v) is 6.52. The van der Waals surface area contributed by atoms with Crippen LogP contribution < -0.4 is 22.5 Å². The molecule has 2 aliphatic rings. The zero-order valence-corrected chi connectivity index (χ0v) is 15.7. The fourth-order valence-electron chi connectivity index (χ4n) is 4.52. The quantitative estimate of drug-likeness (QED) is 0.325. The van der Waals surface area contributed by atoms with Crippen LogP contribution in [0.15, 0.2) is 24.3 Å². The average Bonchev–Trinajstić information content (AvgIpc) is 2.66. The lowest BCUT2D eigenvalue weighted by atomic mass is 9.75. The first-order chi connectivity index (χ1) is 11.5. The van der Waals surface area contributed by atoms with Crippen LogP contribution in [0.3, 0.4) is 0 Å². The van der Waals surface area contributed by atoms with E-state index in [1.165, 1.54) is 64.2 Å². The first-order valence-electron chi connectivity index (χ1n) is 9.87. The minimum absolute atomic E-state index is 0.123. The van der Waals surface area contributed by atoms with Gasteiger partial charge in [0.1, 0.15) is 0 Å². The molecule has 0 saturated heterocycles. The van der Waals surface area contributed by atoms with Gasteiger partial charge in [-0.2, -0.15) is 0 Å². The van der Waals surface area contributed by atoms with Gasteiger partial charge in [0.15, 0.2) is 0 Å². The summed E-state index contributed by atoms with van der Waals surface area (Å²) in [5, 5.41) is 0. The third kappa shape index (κ3) is 4.92. The van der Waals surface area contributed by atoms with Gasteiger partial charge in [-0.1, -0.05) is 62.8 Å². The predicted octanol–water partition coefficient (Wildman–Crippen LogP) is 3.70. The standard InChI is InChI=1S/C20H38N4/c1-19(23-21,17-11-5-3-6-12-17)15-9-10-16-20(2,24-22)18-13-7-4-8-14-18/h9-10,15-18,23-24H,3-8,11-14,21-22H2,1-2H3. The fourth-order valence-corrected chi connectivity index (χ4v) is 4.52. The van der Waals surface area contributed by atoms with Crippen molar-refractivity contribution in [1.82, 2.24) is 10.9 Å². The number of nitrogens with one attached hydrogen (secondary N) is 2. The van der Waals surface area contributed by atoms with Crippen LogP contribution in [0.25, 0.3) is 0 Å². The number of nitrogens with two attached hydrogens (primary N) is 2. The molecular formula is C20H38N4. The molecule has 2 aliphatic carbocycles. The number of hydrogen-bond donors (Lipinski definition) is 4. The van der Waals surface area contributed by atoms with Gasteiger partial charge in [-0.15, -0.1) is 0 Å². The first-order valence-corrected chi connectivity index (χ1v) is 9.87. The normalized spacial score (nSPS) is 26.7. The second-order valence-electron chi connectivity index (χ2n) is 8.24. The molecule has 4 nitrogen and oxygen atoms in total. The van der Waals surface area contributed by atoms with E-state index in [1.807, 2.05) is 0 Å². The van der Waals surface area contributed by atoms with Crippen molar-refractivity contribution in [1.29, 1.82) is 0 Å². The topological polar surface area (TPSA) is 76.1 Å². The van der Waals surface area contributed by atoms with E-state index in [9.17, 15) is 0 Å². The first kappa shape index (κ1) is 19.6. The molecule has 2 fully saturated rings. The van der Waals surface area contributed by atoms with Gasteiger partial charge < -0.3 is 0 Å². The monoisotopic (exact) mass is 334 g/mol. The van der Waals surface area contributed by atoms with E-state index in [2.05, 4.69) is 49.0 Å². The van der Waals surface area contributed by atoms with Crippen LogP contribution in [-0.2, 0) is 0 Å². The molecule has 138 valence electrons. The minimum atomic E-state index is -0.123. The van der Waals surface area contributed by atoms with E-state index in [1.54, 1.807) is 0 Å². The van der Waals surface area contributed by atoms with Gasteiger partial charge in [-0.25, -0.2) is 0 Å². The highest BCUT2D eigenvalue weighted by Gasteiger charge is 2.32. The molecule has 0 aromatic heterocycles. The summed E-state index contributed by atoms with van der Waals surface area (Å²) in [4.78, 5) is 0. The summed E-state index contributed by atoms with van der Waals surface area (Å²) in [6, 6.07) is 0. The van der Waals surface area contributed by atoms with E-state index in [-0.39, 0.29) is 11.1 Å². The Balaban J connectivity index is 1.99. The molecular weight excluding hydrogens is 296 g/mol. The van der Waals surface area contributed by atoms with Crippen molar-refractivity contribution >= 4 is 0 Å². The second-order valence-corrected chi connectivity index (χ2v) is 8.24. The lowest BCUT2D eigenvalue weighted by Gasteiger charge is -2.38. The Kier molecular flexibility index (Phi) is 7.48. The summed E-state index contributed by atoms with van der Waals surface area (Å²) in [7, 11) is 0. The fraction of sp³-hybridized carbons (Fsp3) is 0.800. The van der Waals surface area contributed by atoms with Crippen molar-refractivity contribution in [3.05, 3.63) is 24.3 Å². The predicted molar refractivity (Wildman–Crippen MR) is 103 cm³/mol. The average molecular weight is 335 g/mol. The van der Waals surface area contributed by atoms with E-state index in [4.69, 9.17) is 11.7 Å².